The summed E-state index contributed by atoms with van der Waals surface area (Å²) >= 11 is 6.72. The van der Waals surface area contributed by atoms with Gasteiger partial charge in [0, 0.05) is 43.1 Å². The zero-order valence-electron chi connectivity index (χ0n) is 19.4. The Morgan fingerprint density at radius 2 is 1.91 bits per heavy atom. The van der Waals surface area contributed by atoms with Gasteiger partial charge in [-0.25, -0.2) is 4.79 Å². The summed E-state index contributed by atoms with van der Waals surface area (Å²) in [6.45, 7) is 7.00. The van der Waals surface area contributed by atoms with Gasteiger partial charge < -0.3 is 14.4 Å². The van der Waals surface area contributed by atoms with Crippen LogP contribution in [0, 0.1) is 0 Å². The van der Waals surface area contributed by atoms with Crippen molar-refractivity contribution in [1.82, 2.24) is 9.88 Å². The van der Waals surface area contributed by atoms with Gasteiger partial charge in [-0.05, 0) is 62.9 Å². The number of nitrogens with zero attached hydrogens (tertiary/aromatic N) is 2. The van der Waals surface area contributed by atoms with E-state index in [0.717, 1.165) is 53.5 Å². The van der Waals surface area contributed by atoms with Crippen molar-refractivity contribution in [3.63, 3.8) is 0 Å². The standard InChI is InChI=1S/C27H29ClN2O3/c1-26(2,3)33-25(31)30-15-12-27(13-16-30)11-10-20-17-19(7-9-22(20)32-27)21-8-6-18-5-4-14-29-24(18)23(21)28/h4-9,14,17H,10-13,15-16H2,1-3H3. The van der Waals surface area contributed by atoms with Crippen LogP contribution in [0.2, 0.25) is 5.02 Å². The van der Waals surface area contributed by atoms with Gasteiger partial charge in [-0.15, -0.1) is 0 Å². The molecule has 5 rings (SSSR count). The Balaban J connectivity index is 1.32. The fraction of sp³-hybridized carbons (Fsp3) is 0.407. The number of rotatable bonds is 1. The molecule has 0 atom stereocenters. The van der Waals surface area contributed by atoms with E-state index in [0.29, 0.717) is 18.1 Å². The molecular weight excluding hydrogens is 436 g/mol. The summed E-state index contributed by atoms with van der Waals surface area (Å²) in [4.78, 5) is 18.7. The molecule has 0 radical (unpaired) electrons. The number of fused-ring (bicyclic) bond motifs is 2. The van der Waals surface area contributed by atoms with Crippen LogP contribution in [-0.2, 0) is 11.2 Å². The third-order valence-corrected chi connectivity index (χ3v) is 6.97. The molecule has 5 nitrogen and oxygen atoms in total. The highest BCUT2D eigenvalue weighted by molar-refractivity contribution is 6.37. The molecule has 33 heavy (non-hydrogen) atoms. The molecular formula is C27H29ClN2O3. The summed E-state index contributed by atoms with van der Waals surface area (Å²) in [5.41, 5.74) is 3.39. The van der Waals surface area contributed by atoms with E-state index in [1.165, 1.54) is 5.56 Å². The lowest BCUT2D eigenvalue weighted by molar-refractivity contribution is -0.0272. The van der Waals surface area contributed by atoms with Crippen molar-refractivity contribution in [2.45, 2.75) is 57.7 Å². The van der Waals surface area contributed by atoms with E-state index >= 15 is 0 Å². The zero-order valence-corrected chi connectivity index (χ0v) is 20.1. The largest absolute Gasteiger partial charge is 0.487 e. The Morgan fingerprint density at radius 1 is 1.12 bits per heavy atom. The van der Waals surface area contributed by atoms with Crippen LogP contribution < -0.4 is 4.74 Å². The summed E-state index contributed by atoms with van der Waals surface area (Å²) in [7, 11) is 0. The van der Waals surface area contributed by atoms with Crippen LogP contribution in [0.3, 0.4) is 0 Å². The van der Waals surface area contributed by atoms with E-state index in [9.17, 15) is 4.79 Å². The van der Waals surface area contributed by atoms with E-state index in [1.54, 1.807) is 11.1 Å². The average molecular weight is 465 g/mol. The molecule has 0 unspecified atom stereocenters. The molecule has 2 aliphatic heterocycles. The molecule has 1 aromatic heterocycles. The van der Waals surface area contributed by atoms with E-state index in [4.69, 9.17) is 21.1 Å². The number of aryl methyl sites for hydroxylation is 1. The van der Waals surface area contributed by atoms with Crippen molar-refractivity contribution in [2.75, 3.05) is 13.1 Å². The Hall–Kier alpha value is -2.79. The number of hydrogen-bond donors (Lipinski definition) is 0. The first-order chi connectivity index (χ1) is 15.7. The number of piperidine rings is 1. The quantitative estimate of drug-likeness (QED) is 0.404. The highest BCUT2D eigenvalue weighted by Crippen LogP contribution is 2.42. The van der Waals surface area contributed by atoms with Gasteiger partial charge in [0.2, 0.25) is 0 Å². The molecule has 0 saturated carbocycles. The normalized spacial score (nSPS) is 17.5. The Kier molecular flexibility index (Phi) is 5.48. The number of benzene rings is 2. The van der Waals surface area contributed by atoms with Crippen LogP contribution in [0.4, 0.5) is 4.79 Å². The average Bonchev–Trinajstić information content (AvgIpc) is 2.79. The highest BCUT2D eigenvalue weighted by atomic mass is 35.5. The maximum Gasteiger partial charge on any atom is 0.410 e. The van der Waals surface area contributed by atoms with Crippen LogP contribution in [0.5, 0.6) is 5.75 Å². The second-order valence-electron chi connectivity index (χ2n) is 10.1. The Labute approximate surface area is 199 Å². The predicted molar refractivity (Wildman–Crippen MR) is 131 cm³/mol. The molecule has 1 saturated heterocycles. The minimum absolute atomic E-state index is 0.211. The first-order valence-corrected chi connectivity index (χ1v) is 11.9. The summed E-state index contributed by atoms with van der Waals surface area (Å²) in [5, 5.41) is 1.71. The first kappa shape index (κ1) is 22.0. The molecule has 0 bridgehead atoms. The third-order valence-electron chi connectivity index (χ3n) is 6.59. The Morgan fingerprint density at radius 3 is 2.67 bits per heavy atom. The summed E-state index contributed by atoms with van der Waals surface area (Å²) in [5.74, 6) is 0.936. The maximum absolute atomic E-state index is 12.4. The van der Waals surface area contributed by atoms with Crippen molar-refractivity contribution in [1.29, 1.82) is 0 Å². The first-order valence-electron chi connectivity index (χ1n) is 11.6. The number of pyridine rings is 1. The van der Waals surface area contributed by atoms with E-state index < -0.39 is 5.60 Å². The topological polar surface area (TPSA) is 51.7 Å². The number of ether oxygens (including phenoxy) is 2. The lowest BCUT2D eigenvalue weighted by Gasteiger charge is -2.44. The van der Waals surface area contributed by atoms with Gasteiger partial charge in [-0.1, -0.05) is 35.9 Å². The van der Waals surface area contributed by atoms with Crippen LogP contribution in [-0.4, -0.2) is 40.3 Å². The monoisotopic (exact) mass is 464 g/mol. The van der Waals surface area contributed by atoms with Crippen LogP contribution >= 0.6 is 11.6 Å². The summed E-state index contributed by atoms with van der Waals surface area (Å²) in [6, 6.07) is 14.4. The van der Waals surface area contributed by atoms with Crippen LogP contribution in [0.25, 0.3) is 22.0 Å². The molecule has 2 aliphatic rings. The molecule has 6 heteroatoms. The van der Waals surface area contributed by atoms with Gasteiger partial charge in [0.1, 0.15) is 17.0 Å². The minimum atomic E-state index is -0.478. The SMILES string of the molecule is CC(C)(C)OC(=O)N1CCC2(CCc3cc(-c4ccc5cccnc5c4Cl)ccc3O2)CC1. The second kappa shape index (κ2) is 8.21. The molecule has 1 spiro atoms. The van der Waals surface area contributed by atoms with Crippen molar-refractivity contribution in [2.24, 2.45) is 0 Å². The number of halogens is 1. The smallest absolute Gasteiger partial charge is 0.410 e. The van der Waals surface area contributed by atoms with Crippen LogP contribution in [0.15, 0.2) is 48.7 Å². The summed E-state index contributed by atoms with van der Waals surface area (Å²) in [6.07, 6.45) is 5.05. The van der Waals surface area contributed by atoms with Gasteiger partial charge in [0.25, 0.3) is 0 Å². The number of amides is 1. The number of hydrogen-bond acceptors (Lipinski definition) is 4. The van der Waals surface area contributed by atoms with Gasteiger partial charge in [-0.3, -0.25) is 4.98 Å². The van der Waals surface area contributed by atoms with Crippen molar-refractivity contribution >= 4 is 28.6 Å². The molecule has 0 N–H and O–H groups in total. The second-order valence-corrected chi connectivity index (χ2v) is 10.5. The predicted octanol–water partition coefficient (Wildman–Crippen LogP) is 6.65. The van der Waals surface area contributed by atoms with Crippen molar-refractivity contribution in [3.05, 3.63) is 59.2 Å². The highest BCUT2D eigenvalue weighted by Gasteiger charge is 2.41. The van der Waals surface area contributed by atoms with Gasteiger partial charge in [0.05, 0.1) is 10.5 Å². The molecule has 1 fully saturated rings. The molecule has 3 aromatic rings. The van der Waals surface area contributed by atoms with Crippen molar-refractivity contribution in [3.8, 4) is 16.9 Å². The van der Waals surface area contributed by atoms with Gasteiger partial charge in [-0.2, -0.15) is 0 Å². The molecule has 3 heterocycles. The number of carbonyl (C=O) groups is 1. The summed E-state index contributed by atoms with van der Waals surface area (Å²) < 4.78 is 12.1. The Bertz CT molecular complexity index is 1210. The fourth-order valence-electron chi connectivity index (χ4n) is 4.80. The fourth-order valence-corrected chi connectivity index (χ4v) is 5.13. The maximum atomic E-state index is 12.4. The number of aromatic nitrogens is 1. The minimum Gasteiger partial charge on any atom is -0.487 e. The molecule has 1 amide bonds. The van der Waals surface area contributed by atoms with Crippen molar-refractivity contribution < 1.29 is 14.3 Å². The van der Waals surface area contributed by atoms with Gasteiger partial charge in [0.15, 0.2) is 0 Å². The van der Waals surface area contributed by atoms with Gasteiger partial charge >= 0.3 is 6.09 Å². The van der Waals surface area contributed by atoms with E-state index in [2.05, 4.69) is 35.3 Å². The zero-order chi connectivity index (χ0) is 23.2. The number of likely N-dealkylation sites (tertiary alicyclic amines) is 1. The third kappa shape index (κ3) is 4.39. The lowest BCUT2D eigenvalue weighted by atomic mass is 9.82. The van der Waals surface area contributed by atoms with E-state index in [-0.39, 0.29) is 11.7 Å². The molecule has 172 valence electrons. The molecule has 0 aliphatic carbocycles. The van der Waals surface area contributed by atoms with E-state index in [1.807, 2.05) is 32.9 Å². The lowest BCUT2D eigenvalue weighted by Crippen LogP contribution is -2.52. The van der Waals surface area contributed by atoms with Crippen LogP contribution in [0.1, 0.15) is 45.6 Å². The number of carbonyl (C=O) groups excluding carboxylic acids is 1. The molecule has 2 aromatic carbocycles.